The zero-order valence-corrected chi connectivity index (χ0v) is 15.2. The minimum Gasteiger partial charge on any atom is -0.380 e. The first kappa shape index (κ1) is 18.6. The summed E-state index contributed by atoms with van der Waals surface area (Å²) in [6.07, 6.45) is 1.12. The molecule has 0 spiro atoms. The summed E-state index contributed by atoms with van der Waals surface area (Å²) in [6, 6.07) is 9.01. The molecule has 0 aliphatic carbocycles. The molecule has 0 aliphatic heterocycles. The average molecular weight is 357 g/mol. The molecule has 0 bridgehead atoms. The number of hydrogen-bond acceptors (Lipinski definition) is 3. The SMILES string of the molecule is CCNC(CCN(CC)CCOCC)c1cccc(Br)c1. The minimum atomic E-state index is 0.411. The van der Waals surface area contributed by atoms with Crippen LogP contribution in [0.25, 0.3) is 0 Å². The Bertz CT molecular complexity index is 387. The van der Waals surface area contributed by atoms with Crippen molar-refractivity contribution in [3.05, 3.63) is 34.3 Å². The van der Waals surface area contributed by atoms with Crippen molar-refractivity contribution in [2.75, 3.05) is 39.4 Å². The molecule has 1 unspecified atom stereocenters. The van der Waals surface area contributed by atoms with Crippen LogP contribution in [0.1, 0.15) is 38.8 Å². The van der Waals surface area contributed by atoms with E-state index in [1.165, 1.54) is 5.56 Å². The van der Waals surface area contributed by atoms with Crippen LogP contribution in [0.5, 0.6) is 0 Å². The van der Waals surface area contributed by atoms with Crippen molar-refractivity contribution >= 4 is 15.9 Å². The molecule has 3 nitrogen and oxygen atoms in total. The number of nitrogens with one attached hydrogen (secondary N) is 1. The van der Waals surface area contributed by atoms with Gasteiger partial charge in [0.2, 0.25) is 0 Å². The molecule has 0 heterocycles. The van der Waals surface area contributed by atoms with E-state index >= 15 is 0 Å². The lowest BCUT2D eigenvalue weighted by molar-refractivity contribution is 0.113. The second-order valence-electron chi connectivity index (χ2n) is 5.09. The topological polar surface area (TPSA) is 24.5 Å². The molecule has 0 saturated carbocycles. The number of ether oxygens (including phenoxy) is 1. The molecule has 1 aromatic rings. The van der Waals surface area contributed by atoms with E-state index in [4.69, 9.17) is 4.74 Å². The molecule has 0 radical (unpaired) electrons. The first-order chi connectivity index (χ1) is 10.2. The van der Waals surface area contributed by atoms with Crippen molar-refractivity contribution in [2.24, 2.45) is 0 Å². The minimum absolute atomic E-state index is 0.411. The summed E-state index contributed by atoms with van der Waals surface area (Å²) in [7, 11) is 0. The third kappa shape index (κ3) is 7.41. The molecule has 1 N–H and O–H groups in total. The molecule has 1 rings (SSSR count). The van der Waals surface area contributed by atoms with Gasteiger partial charge in [0.15, 0.2) is 0 Å². The van der Waals surface area contributed by atoms with Gasteiger partial charge in [-0.05, 0) is 44.1 Å². The molecule has 1 atom stereocenters. The fraction of sp³-hybridized carbons (Fsp3) is 0.647. The molecular weight excluding hydrogens is 328 g/mol. The Kier molecular flexibility index (Phi) is 9.92. The van der Waals surface area contributed by atoms with E-state index in [0.29, 0.717) is 6.04 Å². The van der Waals surface area contributed by atoms with Gasteiger partial charge in [0.05, 0.1) is 6.61 Å². The van der Waals surface area contributed by atoms with Crippen molar-refractivity contribution < 1.29 is 4.74 Å². The Morgan fingerprint density at radius 1 is 1.24 bits per heavy atom. The van der Waals surface area contributed by atoms with Crippen LogP contribution in [0.15, 0.2) is 28.7 Å². The molecule has 0 fully saturated rings. The summed E-state index contributed by atoms with van der Waals surface area (Å²) in [5.41, 5.74) is 1.35. The van der Waals surface area contributed by atoms with E-state index in [-0.39, 0.29) is 0 Å². The highest BCUT2D eigenvalue weighted by Crippen LogP contribution is 2.21. The van der Waals surface area contributed by atoms with Crippen LogP contribution >= 0.6 is 15.9 Å². The summed E-state index contributed by atoms with van der Waals surface area (Å²) in [5.74, 6) is 0. The Hall–Kier alpha value is -0.420. The Morgan fingerprint density at radius 2 is 2.05 bits per heavy atom. The summed E-state index contributed by atoms with van der Waals surface area (Å²) in [6.45, 7) is 12.2. The first-order valence-corrected chi connectivity index (χ1v) is 8.79. The molecule has 0 aliphatic rings. The summed E-state index contributed by atoms with van der Waals surface area (Å²) >= 11 is 3.56. The molecule has 21 heavy (non-hydrogen) atoms. The van der Waals surface area contributed by atoms with Crippen LogP contribution in [0.3, 0.4) is 0 Å². The van der Waals surface area contributed by atoms with E-state index < -0.39 is 0 Å². The van der Waals surface area contributed by atoms with Gasteiger partial charge >= 0.3 is 0 Å². The fourth-order valence-corrected chi connectivity index (χ4v) is 2.85. The smallest absolute Gasteiger partial charge is 0.0593 e. The van der Waals surface area contributed by atoms with E-state index in [0.717, 1.165) is 50.3 Å². The maximum atomic E-state index is 5.46. The number of benzene rings is 1. The lowest BCUT2D eigenvalue weighted by Crippen LogP contribution is -2.32. The Labute approximate surface area is 138 Å². The van der Waals surface area contributed by atoms with Gasteiger partial charge < -0.3 is 15.0 Å². The lowest BCUT2D eigenvalue weighted by Gasteiger charge is -2.25. The highest BCUT2D eigenvalue weighted by Gasteiger charge is 2.12. The molecule has 0 amide bonds. The predicted octanol–water partition coefficient (Wildman–Crippen LogP) is 3.85. The maximum absolute atomic E-state index is 5.46. The largest absolute Gasteiger partial charge is 0.380 e. The summed E-state index contributed by atoms with van der Waals surface area (Å²) in [5, 5.41) is 3.59. The third-order valence-corrected chi connectivity index (χ3v) is 4.13. The normalized spacial score (nSPS) is 12.8. The molecule has 4 heteroatoms. The lowest BCUT2D eigenvalue weighted by atomic mass is 10.0. The van der Waals surface area contributed by atoms with Crippen LogP contribution in [-0.4, -0.2) is 44.3 Å². The highest BCUT2D eigenvalue weighted by molar-refractivity contribution is 9.10. The van der Waals surface area contributed by atoms with Gasteiger partial charge in [0.25, 0.3) is 0 Å². The van der Waals surface area contributed by atoms with E-state index in [2.05, 4.69) is 64.3 Å². The molecule has 0 saturated heterocycles. The Balaban J connectivity index is 2.53. The van der Waals surface area contributed by atoms with Crippen LogP contribution < -0.4 is 5.32 Å². The molecular formula is C17H29BrN2O. The predicted molar refractivity (Wildman–Crippen MR) is 93.8 cm³/mol. The van der Waals surface area contributed by atoms with E-state index in [1.807, 2.05) is 6.92 Å². The quantitative estimate of drug-likeness (QED) is 0.609. The number of nitrogens with zero attached hydrogens (tertiary/aromatic N) is 1. The molecule has 120 valence electrons. The highest BCUT2D eigenvalue weighted by atomic mass is 79.9. The van der Waals surface area contributed by atoms with Crippen molar-refractivity contribution in [1.29, 1.82) is 0 Å². The van der Waals surface area contributed by atoms with E-state index in [1.54, 1.807) is 0 Å². The monoisotopic (exact) mass is 356 g/mol. The number of hydrogen-bond donors (Lipinski definition) is 1. The third-order valence-electron chi connectivity index (χ3n) is 3.64. The van der Waals surface area contributed by atoms with Gasteiger partial charge in [-0.1, -0.05) is 41.9 Å². The Morgan fingerprint density at radius 3 is 2.67 bits per heavy atom. The zero-order chi connectivity index (χ0) is 15.5. The van der Waals surface area contributed by atoms with Crippen LogP contribution in [0.2, 0.25) is 0 Å². The summed E-state index contributed by atoms with van der Waals surface area (Å²) in [4.78, 5) is 2.46. The second kappa shape index (κ2) is 11.2. The van der Waals surface area contributed by atoms with Gasteiger partial charge in [0, 0.05) is 30.2 Å². The molecule has 0 aromatic heterocycles. The zero-order valence-electron chi connectivity index (χ0n) is 13.6. The molecule has 1 aromatic carbocycles. The van der Waals surface area contributed by atoms with Crippen molar-refractivity contribution in [3.8, 4) is 0 Å². The average Bonchev–Trinajstić information content (AvgIpc) is 2.49. The van der Waals surface area contributed by atoms with Crippen molar-refractivity contribution in [3.63, 3.8) is 0 Å². The number of halogens is 1. The second-order valence-corrected chi connectivity index (χ2v) is 6.00. The van der Waals surface area contributed by atoms with Crippen LogP contribution in [-0.2, 0) is 4.74 Å². The van der Waals surface area contributed by atoms with E-state index in [9.17, 15) is 0 Å². The summed E-state index contributed by atoms with van der Waals surface area (Å²) < 4.78 is 6.60. The fourth-order valence-electron chi connectivity index (χ4n) is 2.43. The van der Waals surface area contributed by atoms with Gasteiger partial charge in [-0.2, -0.15) is 0 Å². The van der Waals surface area contributed by atoms with Gasteiger partial charge in [-0.3, -0.25) is 0 Å². The van der Waals surface area contributed by atoms with Crippen LogP contribution in [0, 0.1) is 0 Å². The number of likely N-dealkylation sites (N-methyl/N-ethyl adjacent to an activating group) is 1. The standard InChI is InChI=1S/C17H29BrN2O/c1-4-19-17(15-8-7-9-16(18)14-15)10-11-20(5-2)12-13-21-6-3/h7-9,14,17,19H,4-6,10-13H2,1-3H3. The van der Waals surface area contributed by atoms with Gasteiger partial charge in [-0.15, -0.1) is 0 Å². The van der Waals surface area contributed by atoms with Crippen molar-refractivity contribution in [2.45, 2.75) is 33.2 Å². The number of rotatable bonds is 11. The van der Waals surface area contributed by atoms with Crippen molar-refractivity contribution in [1.82, 2.24) is 10.2 Å². The van der Waals surface area contributed by atoms with Gasteiger partial charge in [-0.25, -0.2) is 0 Å². The first-order valence-electron chi connectivity index (χ1n) is 8.00. The van der Waals surface area contributed by atoms with Gasteiger partial charge in [0.1, 0.15) is 0 Å². The maximum Gasteiger partial charge on any atom is 0.0593 e. The van der Waals surface area contributed by atoms with Crippen LogP contribution in [0.4, 0.5) is 0 Å².